The first kappa shape index (κ1) is 29.1. The van der Waals surface area contributed by atoms with Crippen molar-refractivity contribution in [2.45, 2.75) is 57.6 Å². The van der Waals surface area contributed by atoms with Crippen LogP contribution in [0.4, 0.5) is 5.95 Å². The molecule has 5 rings (SSSR count). The third kappa shape index (κ3) is 6.25. The zero-order valence-corrected chi connectivity index (χ0v) is 24.4. The molecule has 2 aliphatic rings. The summed E-state index contributed by atoms with van der Waals surface area (Å²) in [5, 5.41) is 18.2. The van der Waals surface area contributed by atoms with Gasteiger partial charge in [0, 0.05) is 42.5 Å². The van der Waals surface area contributed by atoms with Gasteiger partial charge in [0.1, 0.15) is 17.7 Å². The van der Waals surface area contributed by atoms with Gasteiger partial charge in [-0.3, -0.25) is 9.69 Å². The molecule has 1 aromatic heterocycles. The fourth-order valence-electron chi connectivity index (χ4n) is 5.32. The predicted molar refractivity (Wildman–Crippen MR) is 156 cm³/mol. The zero-order chi connectivity index (χ0) is 29.1. The molecule has 0 aliphatic carbocycles. The standard InChI is InChI=1S/C30H36ClN5O5/c1-17(19-6-5-7-22(12-19)39-3)33-28(37)18(2)36-16-24-23(29(36)38)13-20(14-26(24)40-4)27-25(31)15-32-30(35-27)34-21-8-10-41-11-9-21/h5-7,12-15,17-18,21,29,38H,8-11,16H2,1-4H3,(H,33,37)(H,32,34,35)/t17-,18-,29?/m1/s1. The van der Waals surface area contributed by atoms with E-state index in [2.05, 4.69) is 15.6 Å². The van der Waals surface area contributed by atoms with E-state index in [9.17, 15) is 9.90 Å². The van der Waals surface area contributed by atoms with Crippen molar-refractivity contribution in [3.8, 4) is 22.8 Å². The quantitative estimate of drug-likeness (QED) is 0.336. The molecule has 0 saturated carbocycles. The number of ether oxygens (including phenoxy) is 3. The first-order valence-corrected chi connectivity index (χ1v) is 14.1. The van der Waals surface area contributed by atoms with Crippen molar-refractivity contribution in [1.82, 2.24) is 20.2 Å². The van der Waals surface area contributed by atoms with Gasteiger partial charge in [-0.05, 0) is 56.5 Å². The molecule has 3 heterocycles. The number of nitrogens with zero attached hydrogens (tertiary/aromatic N) is 3. The van der Waals surface area contributed by atoms with E-state index in [0.29, 0.717) is 53.3 Å². The first-order chi connectivity index (χ1) is 19.8. The van der Waals surface area contributed by atoms with Crippen LogP contribution in [-0.2, 0) is 16.1 Å². The first-order valence-electron chi connectivity index (χ1n) is 13.7. The van der Waals surface area contributed by atoms with Gasteiger partial charge in [0.2, 0.25) is 11.9 Å². The maximum absolute atomic E-state index is 13.3. The van der Waals surface area contributed by atoms with Crippen LogP contribution in [0.5, 0.6) is 11.5 Å². The number of rotatable bonds is 9. The Morgan fingerprint density at radius 1 is 1.17 bits per heavy atom. The maximum atomic E-state index is 13.3. The molecule has 0 spiro atoms. The van der Waals surface area contributed by atoms with Gasteiger partial charge in [-0.1, -0.05) is 23.7 Å². The number of nitrogens with one attached hydrogen (secondary N) is 2. The van der Waals surface area contributed by atoms with Crippen molar-refractivity contribution in [1.29, 1.82) is 0 Å². The molecule has 1 saturated heterocycles. The number of benzene rings is 2. The van der Waals surface area contributed by atoms with E-state index in [-0.39, 0.29) is 18.0 Å². The molecule has 1 fully saturated rings. The van der Waals surface area contributed by atoms with Gasteiger partial charge in [0.25, 0.3) is 0 Å². The minimum Gasteiger partial charge on any atom is -0.497 e. The highest BCUT2D eigenvalue weighted by Gasteiger charge is 2.37. The molecular weight excluding hydrogens is 546 g/mol. The summed E-state index contributed by atoms with van der Waals surface area (Å²) in [7, 11) is 3.19. The smallest absolute Gasteiger partial charge is 0.237 e. The lowest BCUT2D eigenvalue weighted by Gasteiger charge is -2.28. The molecule has 0 radical (unpaired) electrons. The van der Waals surface area contributed by atoms with E-state index in [4.69, 9.17) is 30.8 Å². The average Bonchev–Trinajstić information content (AvgIpc) is 3.33. The summed E-state index contributed by atoms with van der Waals surface area (Å²) in [5.74, 6) is 1.59. The van der Waals surface area contributed by atoms with Crippen molar-refractivity contribution in [2.75, 3.05) is 32.8 Å². The second-order valence-corrected chi connectivity index (χ2v) is 10.8. The number of amides is 1. The Morgan fingerprint density at radius 3 is 2.68 bits per heavy atom. The summed E-state index contributed by atoms with van der Waals surface area (Å²) < 4.78 is 16.5. The number of fused-ring (bicyclic) bond motifs is 1. The third-order valence-corrected chi connectivity index (χ3v) is 8.07. The molecule has 3 N–H and O–H groups in total. The molecule has 3 aromatic rings. The van der Waals surface area contributed by atoms with Gasteiger partial charge in [-0.15, -0.1) is 0 Å². The molecule has 41 heavy (non-hydrogen) atoms. The Balaban J connectivity index is 1.35. The van der Waals surface area contributed by atoms with Crippen LogP contribution in [0.15, 0.2) is 42.6 Å². The number of aromatic nitrogens is 2. The number of aliphatic hydroxyl groups excluding tert-OH is 1. The van der Waals surface area contributed by atoms with E-state index >= 15 is 0 Å². The highest BCUT2D eigenvalue weighted by molar-refractivity contribution is 6.32. The summed E-state index contributed by atoms with van der Waals surface area (Å²) >= 11 is 6.55. The van der Waals surface area contributed by atoms with Gasteiger partial charge in [-0.25, -0.2) is 9.97 Å². The van der Waals surface area contributed by atoms with Crippen LogP contribution in [0.2, 0.25) is 5.02 Å². The van der Waals surface area contributed by atoms with Crippen LogP contribution >= 0.6 is 11.6 Å². The SMILES string of the molecule is COc1cccc([C@@H](C)NC(=O)[C@@H](C)N2Cc3c(OC)cc(-c4nc(NC5CCOCC5)ncc4Cl)cc3C2O)c1. The van der Waals surface area contributed by atoms with E-state index in [1.807, 2.05) is 43.3 Å². The van der Waals surface area contributed by atoms with Crippen LogP contribution in [0.3, 0.4) is 0 Å². The second-order valence-electron chi connectivity index (χ2n) is 10.4. The largest absolute Gasteiger partial charge is 0.497 e. The van der Waals surface area contributed by atoms with Crippen molar-refractivity contribution >= 4 is 23.5 Å². The van der Waals surface area contributed by atoms with Crippen molar-refractivity contribution in [3.63, 3.8) is 0 Å². The Labute approximate surface area is 245 Å². The lowest BCUT2D eigenvalue weighted by Crippen LogP contribution is -2.45. The minimum atomic E-state index is -1.02. The molecule has 0 bridgehead atoms. The number of carbonyl (C=O) groups is 1. The van der Waals surface area contributed by atoms with Gasteiger partial charge >= 0.3 is 0 Å². The Kier molecular flexibility index (Phi) is 8.94. The van der Waals surface area contributed by atoms with Gasteiger partial charge in [0.15, 0.2) is 0 Å². The lowest BCUT2D eigenvalue weighted by atomic mass is 10.0. The minimum absolute atomic E-state index is 0.200. The number of carbonyl (C=O) groups excluding carboxylic acids is 1. The summed E-state index contributed by atoms with van der Waals surface area (Å²) in [6.45, 7) is 5.44. The third-order valence-electron chi connectivity index (χ3n) is 7.80. The van der Waals surface area contributed by atoms with E-state index in [0.717, 1.165) is 29.7 Å². The molecule has 3 atom stereocenters. The van der Waals surface area contributed by atoms with Crippen LogP contribution in [0, 0.1) is 0 Å². The average molecular weight is 582 g/mol. The van der Waals surface area contributed by atoms with Crippen LogP contribution in [0.1, 0.15) is 55.6 Å². The van der Waals surface area contributed by atoms with Crippen LogP contribution in [-0.4, -0.2) is 65.4 Å². The van der Waals surface area contributed by atoms with Crippen molar-refractivity contribution in [2.24, 2.45) is 0 Å². The summed E-state index contributed by atoms with van der Waals surface area (Å²) in [6.07, 6.45) is 2.30. The number of methoxy groups -OCH3 is 2. The maximum Gasteiger partial charge on any atom is 0.237 e. The number of halogens is 1. The molecule has 2 aliphatic heterocycles. The monoisotopic (exact) mass is 581 g/mol. The topological polar surface area (TPSA) is 118 Å². The molecule has 11 heteroatoms. The van der Waals surface area contributed by atoms with Gasteiger partial charge in [0.05, 0.1) is 43.2 Å². The highest BCUT2D eigenvalue weighted by atomic mass is 35.5. The van der Waals surface area contributed by atoms with Crippen LogP contribution < -0.4 is 20.1 Å². The normalized spacial score (nSPS) is 18.8. The summed E-state index contributed by atoms with van der Waals surface area (Å²) in [4.78, 5) is 24.1. The molecule has 2 aromatic carbocycles. The van der Waals surface area contributed by atoms with E-state index in [1.54, 1.807) is 32.2 Å². The Bertz CT molecular complexity index is 1400. The number of anilines is 1. The van der Waals surface area contributed by atoms with Crippen molar-refractivity contribution < 1.29 is 24.1 Å². The fraction of sp³-hybridized carbons (Fsp3) is 0.433. The summed E-state index contributed by atoms with van der Waals surface area (Å²) in [6, 6.07) is 10.7. The second kappa shape index (κ2) is 12.6. The fourth-order valence-corrected chi connectivity index (χ4v) is 5.52. The molecule has 1 unspecified atom stereocenters. The van der Waals surface area contributed by atoms with Gasteiger partial charge < -0.3 is 30.0 Å². The van der Waals surface area contributed by atoms with E-state index < -0.39 is 12.3 Å². The van der Waals surface area contributed by atoms with Crippen molar-refractivity contribution in [3.05, 3.63) is 64.3 Å². The van der Waals surface area contributed by atoms with E-state index in [1.165, 1.54) is 0 Å². The predicted octanol–water partition coefficient (Wildman–Crippen LogP) is 4.48. The number of aliphatic hydroxyl groups is 1. The van der Waals surface area contributed by atoms with Gasteiger partial charge in [-0.2, -0.15) is 0 Å². The van der Waals surface area contributed by atoms with Crippen LogP contribution in [0.25, 0.3) is 11.3 Å². The Hall–Kier alpha value is -3.44. The Morgan fingerprint density at radius 2 is 1.95 bits per heavy atom. The molecule has 10 nitrogen and oxygen atoms in total. The summed E-state index contributed by atoms with van der Waals surface area (Å²) in [5.41, 5.74) is 3.60. The number of hydrogen-bond acceptors (Lipinski definition) is 9. The molecular formula is C30H36ClN5O5. The highest BCUT2D eigenvalue weighted by Crippen LogP contribution is 2.42. The lowest BCUT2D eigenvalue weighted by molar-refractivity contribution is -0.131. The molecule has 1 amide bonds. The molecule has 218 valence electrons. The number of hydrogen-bond donors (Lipinski definition) is 3. The zero-order valence-electron chi connectivity index (χ0n) is 23.7.